The molecular weight excluding hydrogens is 448 g/mol. The fraction of sp³-hybridized carbons (Fsp3) is 0.333. The summed E-state index contributed by atoms with van der Waals surface area (Å²) >= 11 is 0. The summed E-state index contributed by atoms with van der Waals surface area (Å²) in [6.45, 7) is 3.64. The number of benzene rings is 1. The van der Waals surface area contributed by atoms with Crippen molar-refractivity contribution in [3.05, 3.63) is 54.1 Å². The Hall–Kier alpha value is -2.10. The molecule has 1 aliphatic heterocycles. The minimum atomic E-state index is -0.217. The number of halogens is 2. The minimum Gasteiger partial charge on any atom is -0.495 e. The van der Waals surface area contributed by atoms with E-state index < -0.39 is 0 Å². The predicted octanol–water partition coefficient (Wildman–Crippen LogP) is 2.48. The normalized spacial score (nSPS) is 14.8. The number of nitrogens with zero attached hydrogens (tertiary/aromatic N) is 4. The van der Waals surface area contributed by atoms with E-state index in [1.807, 2.05) is 12.1 Å². The maximum absolute atomic E-state index is 13.0. The highest BCUT2D eigenvalue weighted by Gasteiger charge is 2.18. The summed E-state index contributed by atoms with van der Waals surface area (Å²) in [5.74, 6) is 1.03. The molecule has 1 saturated heterocycles. The topological polar surface area (TPSA) is 67.0 Å². The van der Waals surface area contributed by atoms with Crippen LogP contribution in [-0.2, 0) is 6.54 Å². The van der Waals surface area contributed by atoms with Crippen LogP contribution in [0.3, 0.4) is 0 Å². The number of aliphatic imine (C=N–C) groups is 1. The molecule has 0 spiro atoms. The Morgan fingerprint density at radius 2 is 1.85 bits per heavy atom. The first kappa shape index (κ1) is 20.2. The summed E-state index contributed by atoms with van der Waals surface area (Å²) in [5.41, 5.74) is 7.98. The summed E-state index contributed by atoms with van der Waals surface area (Å²) in [6, 6.07) is 10.3. The van der Waals surface area contributed by atoms with Crippen LogP contribution in [0.25, 0.3) is 0 Å². The molecule has 0 aliphatic carbocycles. The molecule has 1 fully saturated rings. The quantitative estimate of drug-likeness (QED) is 0.422. The third-order valence-electron chi connectivity index (χ3n) is 4.23. The predicted molar refractivity (Wildman–Crippen MR) is 112 cm³/mol. The van der Waals surface area contributed by atoms with Crippen LogP contribution in [0, 0.1) is 5.82 Å². The van der Waals surface area contributed by atoms with E-state index in [1.54, 1.807) is 25.4 Å². The van der Waals surface area contributed by atoms with Gasteiger partial charge in [0, 0.05) is 31.9 Å². The van der Waals surface area contributed by atoms with E-state index in [9.17, 15) is 4.39 Å². The van der Waals surface area contributed by atoms with Crippen LogP contribution in [-0.4, -0.2) is 49.1 Å². The van der Waals surface area contributed by atoms with Crippen LogP contribution in [0.2, 0.25) is 0 Å². The van der Waals surface area contributed by atoms with E-state index in [2.05, 4.69) is 19.8 Å². The summed E-state index contributed by atoms with van der Waals surface area (Å²) in [6.07, 6.45) is 1.67. The Morgan fingerprint density at radius 1 is 1.15 bits per heavy atom. The van der Waals surface area contributed by atoms with E-state index in [0.717, 1.165) is 43.3 Å². The van der Waals surface area contributed by atoms with Crippen LogP contribution in [0.1, 0.15) is 5.69 Å². The Labute approximate surface area is 169 Å². The van der Waals surface area contributed by atoms with Crippen molar-refractivity contribution in [2.45, 2.75) is 6.54 Å². The lowest BCUT2D eigenvalue weighted by Crippen LogP contribution is -2.51. The lowest BCUT2D eigenvalue weighted by atomic mass is 10.2. The van der Waals surface area contributed by atoms with Gasteiger partial charge in [0.05, 0.1) is 25.5 Å². The van der Waals surface area contributed by atoms with E-state index in [0.29, 0.717) is 12.5 Å². The van der Waals surface area contributed by atoms with E-state index in [-0.39, 0.29) is 29.8 Å². The van der Waals surface area contributed by atoms with Gasteiger partial charge in [-0.15, -0.1) is 24.0 Å². The number of hydrogen-bond acceptors (Lipinski definition) is 4. The summed E-state index contributed by atoms with van der Waals surface area (Å²) in [7, 11) is 1.61. The third kappa shape index (κ3) is 5.20. The number of anilines is 1. The number of rotatable bonds is 4. The highest BCUT2D eigenvalue weighted by Crippen LogP contribution is 2.17. The SMILES string of the molecule is COc1ccc(CN=C(N)N2CCN(c3ccc(F)cc3)CC2)nc1.I. The summed E-state index contributed by atoms with van der Waals surface area (Å²) in [4.78, 5) is 13.0. The number of nitrogens with two attached hydrogens (primary N) is 1. The Bertz CT molecular complexity index is 715. The fourth-order valence-corrected chi connectivity index (χ4v) is 2.73. The van der Waals surface area contributed by atoms with Crippen molar-refractivity contribution in [1.29, 1.82) is 0 Å². The van der Waals surface area contributed by atoms with Crippen molar-refractivity contribution in [2.75, 3.05) is 38.2 Å². The van der Waals surface area contributed by atoms with Gasteiger partial charge in [0.15, 0.2) is 5.96 Å². The molecule has 6 nitrogen and oxygen atoms in total. The third-order valence-corrected chi connectivity index (χ3v) is 4.23. The largest absolute Gasteiger partial charge is 0.495 e. The molecule has 1 aliphatic rings. The molecule has 8 heteroatoms. The number of piperazine rings is 1. The number of methoxy groups -OCH3 is 1. The maximum Gasteiger partial charge on any atom is 0.191 e. The van der Waals surface area contributed by atoms with Gasteiger partial charge in [0.1, 0.15) is 11.6 Å². The van der Waals surface area contributed by atoms with E-state index in [4.69, 9.17) is 10.5 Å². The molecule has 3 rings (SSSR count). The van der Waals surface area contributed by atoms with Crippen LogP contribution in [0.4, 0.5) is 10.1 Å². The van der Waals surface area contributed by atoms with E-state index in [1.165, 1.54) is 12.1 Å². The molecule has 0 saturated carbocycles. The van der Waals surface area contributed by atoms with Crippen molar-refractivity contribution in [2.24, 2.45) is 10.7 Å². The number of aromatic nitrogens is 1. The zero-order valence-corrected chi connectivity index (χ0v) is 17.0. The Morgan fingerprint density at radius 3 is 2.42 bits per heavy atom. The van der Waals surface area contributed by atoms with Crippen molar-refractivity contribution >= 4 is 35.6 Å². The number of guanidine groups is 1. The van der Waals surface area contributed by atoms with Crippen LogP contribution in [0.5, 0.6) is 5.75 Å². The molecule has 2 aromatic rings. The average molecular weight is 471 g/mol. The molecule has 0 amide bonds. The standard InChI is InChI=1S/C18H22FN5O.HI/c1-25-17-7-4-15(21-13-17)12-22-18(20)24-10-8-23(9-11-24)16-5-2-14(19)3-6-16;/h2-7,13H,8-12H2,1H3,(H2,20,22);1H. The second-order valence-electron chi connectivity index (χ2n) is 5.81. The maximum atomic E-state index is 13.0. The second kappa shape index (κ2) is 9.56. The highest BCUT2D eigenvalue weighted by molar-refractivity contribution is 14.0. The second-order valence-corrected chi connectivity index (χ2v) is 5.81. The lowest BCUT2D eigenvalue weighted by molar-refractivity contribution is 0.380. The van der Waals surface area contributed by atoms with E-state index >= 15 is 0 Å². The van der Waals surface area contributed by atoms with Gasteiger partial charge in [-0.2, -0.15) is 0 Å². The fourth-order valence-electron chi connectivity index (χ4n) is 2.73. The van der Waals surface area contributed by atoms with Gasteiger partial charge >= 0.3 is 0 Å². The average Bonchev–Trinajstić information content (AvgIpc) is 2.67. The molecule has 0 unspecified atom stereocenters. The molecule has 0 bridgehead atoms. The molecule has 1 aromatic carbocycles. The van der Waals surface area contributed by atoms with Crippen molar-refractivity contribution in [3.8, 4) is 5.75 Å². The van der Waals surface area contributed by atoms with Gasteiger partial charge in [-0.3, -0.25) is 4.98 Å². The van der Waals surface area contributed by atoms with Crippen LogP contribution in [0.15, 0.2) is 47.6 Å². The van der Waals surface area contributed by atoms with Crippen molar-refractivity contribution in [1.82, 2.24) is 9.88 Å². The zero-order chi connectivity index (χ0) is 17.6. The lowest BCUT2D eigenvalue weighted by Gasteiger charge is -2.36. The van der Waals surface area contributed by atoms with Gasteiger partial charge in [0.2, 0.25) is 0 Å². The monoisotopic (exact) mass is 471 g/mol. The van der Waals surface area contributed by atoms with Crippen molar-refractivity contribution < 1.29 is 9.13 Å². The molecule has 26 heavy (non-hydrogen) atoms. The Kier molecular flexibility index (Phi) is 7.43. The number of ether oxygens (including phenoxy) is 1. The van der Waals surface area contributed by atoms with Gasteiger partial charge in [-0.25, -0.2) is 9.38 Å². The first-order valence-corrected chi connectivity index (χ1v) is 8.20. The molecule has 0 radical (unpaired) electrons. The molecule has 140 valence electrons. The molecule has 2 N–H and O–H groups in total. The number of pyridine rings is 1. The van der Waals surface area contributed by atoms with Gasteiger partial charge in [-0.05, 0) is 36.4 Å². The molecule has 2 heterocycles. The molecular formula is C18H23FIN5O. The first-order chi connectivity index (χ1) is 12.2. The van der Waals surface area contributed by atoms with Crippen LogP contribution >= 0.6 is 24.0 Å². The smallest absolute Gasteiger partial charge is 0.191 e. The zero-order valence-electron chi connectivity index (χ0n) is 14.6. The Balaban J connectivity index is 0.00000243. The number of hydrogen-bond donors (Lipinski definition) is 1. The van der Waals surface area contributed by atoms with Crippen LogP contribution < -0.4 is 15.4 Å². The summed E-state index contributed by atoms with van der Waals surface area (Å²) in [5, 5.41) is 0. The highest BCUT2D eigenvalue weighted by atomic mass is 127. The first-order valence-electron chi connectivity index (χ1n) is 8.20. The molecule has 1 aromatic heterocycles. The molecule has 0 atom stereocenters. The summed E-state index contributed by atoms with van der Waals surface area (Å²) < 4.78 is 18.1. The van der Waals surface area contributed by atoms with Gasteiger partial charge in [0.25, 0.3) is 0 Å². The minimum absolute atomic E-state index is 0. The van der Waals surface area contributed by atoms with Gasteiger partial charge in [-0.1, -0.05) is 0 Å². The van der Waals surface area contributed by atoms with Gasteiger partial charge < -0.3 is 20.3 Å². The van der Waals surface area contributed by atoms with Crippen molar-refractivity contribution in [3.63, 3.8) is 0 Å².